The van der Waals surface area contributed by atoms with Gasteiger partial charge in [0.15, 0.2) is 0 Å². The third-order valence-corrected chi connectivity index (χ3v) is 3.33. The van der Waals surface area contributed by atoms with Crippen LogP contribution < -0.4 is 5.32 Å². The Kier molecular flexibility index (Phi) is 4.84. The van der Waals surface area contributed by atoms with Gasteiger partial charge in [-0.3, -0.25) is 4.79 Å². The van der Waals surface area contributed by atoms with Crippen molar-refractivity contribution in [1.29, 1.82) is 0 Å². The fourth-order valence-corrected chi connectivity index (χ4v) is 1.99. The van der Waals surface area contributed by atoms with Crippen LogP contribution in [0.15, 0.2) is 46.9 Å². The van der Waals surface area contributed by atoms with E-state index >= 15 is 0 Å². The molecule has 0 saturated carbocycles. The first kappa shape index (κ1) is 14.7. The van der Waals surface area contributed by atoms with E-state index in [4.69, 9.17) is 0 Å². The smallest absolute Gasteiger partial charge is 0.224 e. The molecule has 0 unspecified atom stereocenters. The molecular formula is C15H12BrF2NO. The molecule has 0 saturated heterocycles. The fourth-order valence-electron chi connectivity index (χ4n) is 1.73. The summed E-state index contributed by atoms with van der Waals surface area (Å²) in [5.41, 5.74) is 0.705. The normalized spacial score (nSPS) is 10.3. The molecule has 0 aliphatic carbocycles. The van der Waals surface area contributed by atoms with Gasteiger partial charge >= 0.3 is 0 Å². The van der Waals surface area contributed by atoms with Gasteiger partial charge in [-0.05, 0) is 29.8 Å². The van der Waals surface area contributed by atoms with Gasteiger partial charge in [0.05, 0.1) is 6.42 Å². The summed E-state index contributed by atoms with van der Waals surface area (Å²) in [6.45, 7) is 0.322. The van der Waals surface area contributed by atoms with Crippen molar-refractivity contribution < 1.29 is 13.6 Å². The van der Waals surface area contributed by atoms with Crippen LogP contribution in [0.4, 0.5) is 8.78 Å². The minimum atomic E-state index is -0.705. The predicted octanol–water partition coefficient (Wildman–Crippen LogP) is 3.59. The molecule has 104 valence electrons. The SMILES string of the molecule is O=C(Cc1c(F)cccc1F)NCc1ccc(Br)cc1. The Morgan fingerprint density at radius 3 is 2.25 bits per heavy atom. The first-order valence-electron chi connectivity index (χ1n) is 6.00. The number of amides is 1. The van der Waals surface area contributed by atoms with E-state index in [9.17, 15) is 13.6 Å². The van der Waals surface area contributed by atoms with Gasteiger partial charge < -0.3 is 5.32 Å². The molecule has 2 nitrogen and oxygen atoms in total. The number of halogens is 3. The van der Waals surface area contributed by atoms with Crippen LogP contribution in [-0.4, -0.2) is 5.91 Å². The van der Waals surface area contributed by atoms with E-state index < -0.39 is 17.5 Å². The summed E-state index contributed by atoms with van der Waals surface area (Å²) >= 11 is 3.31. The molecule has 2 rings (SSSR count). The lowest BCUT2D eigenvalue weighted by Crippen LogP contribution is -2.25. The van der Waals surface area contributed by atoms with Crippen molar-refractivity contribution in [3.8, 4) is 0 Å². The van der Waals surface area contributed by atoms with Gasteiger partial charge in [-0.2, -0.15) is 0 Å². The van der Waals surface area contributed by atoms with E-state index in [1.807, 2.05) is 24.3 Å². The Labute approximate surface area is 123 Å². The Morgan fingerprint density at radius 1 is 1.05 bits per heavy atom. The molecule has 1 amide bonds. The average molecular weight is 340 g/mol. The molecule has 0 aliphatic rings. The highest BCUT2D eigenvalue weighted by atomic mass is 79.9. The van der Waals surface area contributed by atoms with E-state index in [1.165, 1.54) is 6.07 Å². The lowest BCUT2D eigenvalue weighted by Gasteiger charge is -2.07. The topological polar surface area (TPSA) is 29.1 Å². The molecule has 0 bridgehead atoms. The molecule has 2 aromatic carbocycles. The summed E-state index contributed by atoms with van der Waals surface area (Å²) in [6, 6.07) is 11.0. The molecule has 0 radical (unpaired) electrons. The maximum atomic E-state index is 13.4. The van der Waals surface area contributed by atoms with Gasteiger partial charge in [0.1, 0.15) is 11.6 Å². The lowest BCUT2D eigenvalue weighted by atomic mass is 10.1. The van der Waals surface area contributed by atoms with E-state index in [1.54, 1.807) is 0 Å². The number of hydrogen-bond donors (Lipinski definition) is 1. The highest BCUT2D eigenvalue weighted by Gasteiger charge is 2.12. The first-order valence-corrected chi connectivity index (χ1v) is 6.79. The van der Waals surface area contributed by atoms with Gasteiger partial charge in [-0.1, -0.05) is 34.1 Å². The summed E-state index contributed by atoms with van der Waals surface area (Å²) in [5.74, 6) is -1.83. The quantitative estimate of drug-likeness (QED) is 0.906. The van der Waals surface area contributed by atoms with Crippen molar-refractivity contribution in [2.45, 2.75) is 13.0 Å². The molecule has 0 aromatic heterocycles. The monoisotopic (exact) mass is 339 g/mol. The van der Waals surface area contributed by atoms with Crippen LogP contribution in [-0.2, 0) is 17.8 Å². The number of benzene rings is 2. The second-order valence-electron chi connectivity index (χ2n) is 4.28. The van der Waals surface area contributed by atoms with Gasteiger partial charge in [0.2, 0.25) is 5.91 Å². The van der Waals surface area contributed by atoms with E-state index in [-0.39, 0.29) is 12.0 Å². The number of nitrogens with one attached hydrogen (secondary N) is 1. The summed E-state index contributed by atoms with van der Waals surface area (Å²) in [7, 11) is 0. The van der Waals surface area contributed by atoms with Crippen LogP contribution in [0.3, 0.4) is 0 Å². The summed E-state index contributed by atoms with van der Waals surface area (Å²) in [6.07, 6.45) is -0.310. The molecule has 20 heavy (non-hydrogen) atoms. The van der Waals surface area contributed by atoms with Gasteiger partial charge in [-0.25, -0.2) is 8.78 Å². The van der Waals surface area contributed by atoms with Crippen LogP contribution >= 0.6 is 15.9 Å². The third kappa shape index (κ3) is 3.87. The number of carbonyl (C=O) groups excluding carboxylic acids is 1. The molecule has 5 heteroatoms. The molecule has 0 atom stereocenters. The highest BCUT2D eigenvalue weighted by Crippen LogP contribution is 2.13. The molecule has 0 fully saturated rings. The number of carbonyl (C=O) groups is 1. The van der Waals surface area contributed by atoms with Crippen LogP contribution in [0.1, 0.15) is 11.1 Å². The second kappa shape index (κ2) is 6.61. The van der Waals surface area contributed by atoms with E-state index in [2.05, 4.69) is 21.2 Å². The minimum Gasteiger partial charge on any atom is -0.352 e. The number of hydrogen-bond acceptors (Lipinski definition) is 1. The van der Waals surface area contributed by atoms with Crippen LogP contribution in [0, 0.1) is 11.6 Å². The summed E-state index contributed by atoms with van der Waals surface area (Å²) in [5, 5.41) is 2.63. The summed E-state index contributed by atoms with van der Waals surface area (Å²) < 4.78 is 27.7. The van der Waals surface area contributed by atoms with E-state index in [0.717, 1.165) is 22.2 Å². The third-order valence-electron chi connectivity index (χ3n) is 2.80. The van der Waals surface area contributed by atoms with Crippen LogP contribution in [0.5, 0.6) is 0 Å². The van der Waals surface area contributed by atoms with Gasteiger partial charge in [0.25, 0.3) is 0 Å². The van der Waals surface area contributed by atoms with Crippen molar-refractivity contribution in [3.05, 3.63) is 69.7 Å². The van der Waals surface area contributed by atoms with Crippen molar-refractivity contribution >= 4 is 21.8 Å². The van der Waals surface area contributed by atoms with Crippen molar-refractivity contribution in [2.75, 3.05) is 0 Å². The molecular weight excluding hydrogens is 328 g/mol. The predicted molar refractivity (Wildman–Crippen MR) is 76.1 cm³/mol. The Bertz CT molecular complexity index is 594. The minimum absolute atomic E-state index is 0.208. The zero-order chi connectivity index (χ0) is 14.5. The maximum Gasteiger partial charge on any atom is 0.224 e. The fraction of sp³-hybridized carbons (Fsp3) is 0.133. The molecule has 0 heterocycles. The van der Waals surface area contributed by atoms with Crippen molar-refractivity contribution in [3.63, 3.8) is 0 Å². The molecule has 2 aromatic rings. The lowest BCUT2D eigenvalue weighted by molar-refractivity contribution is -0.120. The van der Waals surface area contributed by atoms with Gasteiger partial charge in [0, 0.05) is 16.6 Å². The first-order chi connectivity index (χ1) is 9.56. The molecule has 0 spiro atoms. The Balaban J connectivity index is 1.94. The number of rotatable bonds is 4. The van der Waals surface area contributed by atoms with Gasteiger partial charge in [-0.15, -0.1) is 0 Å². The summed E-state index contributed by atoms with van der Waals surface area (Å²) in [4.78, 5) is 11.7. The van der Waals surface area contributed by atoms with Crippen molar-refractivity contribution in [2.24, 2.45) is 0 Å². The van der Waals surface area contributed by atoms with Crippen LogP contribution in [0.2, 0.25) is 0 Å². The van der Waals surface area contributed by atoms with Crippen LogP contribution in [0.25, 0.3) is 0 Å². The highest BCUT2D eigenvalue weighted by molar-refractivity contribution is 9.10. The van der Waals surface area contributed by atoms with E-state index in [0.29, 0.717) is 6.54 Å². The molecule has 0 aliphatic heterocycles. The van der Waals surface area contributed by atoms with Crippen molar-refractivity contribution in [1.82, 2.24) is 5.32 Å². The zero-order valence-corrected chi connectivity index (χ0v) is 12.1. The largest absolute Gasteiger partial charge is 0.352 e. The standard InChI is InChI=1S/C15H12BrF2NO/c16-11-6-4-10(5-7-11)9-19-15(20)8-12-13(17)2-1-3-14(12)18/h1-7H,8-9H2,(H,19,20). The average Bonchev–Trinajstić information content (AvgIpc) is 2.42. The zero-order valence-electron chi connectivity index (χ0n) is 10.5. The second-order valence-corrected chi connectivity index (χ2v) is 5.20. The Hall–Kier alpha value is -1.75. The Morgan fingerprint density at radius 2 is 1.65 bits per heavy atom. The maximum absolute atomic E-state index is 13.4. The molecule has 1 N–H and O–H groups in total.